The van der Waals surface area contributed by atoms with Gasteiger partial charge in [-0.3, -0.25) is 4.90 Å². The van der Waals surface area contributed by atoms with Gasteiger partial charge in [-0.25, -0.2) is 19.2 Å². The molecule has 2 atom stereocenters. The Morgan fingerprint density at radius 2 is 1.98 bits per heavy atom. The average molecular weight is 623 g/mol. The van der Waals surface area contributed by atoms with Crippen molar-refractivity contribution in [2.45, 2.75) is 64.0 Å². The molecule has 1 N–H and O–H groups in total. The van der Waals surface area contributed by atoms with Crippen LogP contribution in [0.25, 0.3) is 11.5 Å². The number of aromatic carboxylic acids is 1. The summed E-state index contributed by atoms with van der Waals surface area (Å²) in [5, 5.41) is 9.58. The predicted molar refractivity (Wildman–Crippen MR) is 157 cm³/mol. The predicted octanol–water partition coefficient (Wildman–Crippen LogP) is 6.15. The number of aromatic nitrogens is 3. The number of nitrogens with zero attached hydrogens (tertiary/aromatic N) is 4. The Kier molecular flexibility index (Phi) is 7.34. The molecule has 0 spiro atoms. The monoisotopic (exact) mass is 622 g/mol. The second kappa shape index (κ2) is 11.2. The third kappa shape index (κ3) is 5.22. The Morgan fingerprint density at radius 3 is 2.66 bits per heavy atom. The first-order chi connectivity index (χ1) is 21.2. The molecule has 230 valence electrons. The Morgan fingerprint density at radius 1 is 1.18 bits per heavy atom. The van der Waals surface area contributed by atoms with Crippen LogP contribution in [0.5, 0.6) is 11.5 Å². The Balaban J connectivity index is 1.07. The van der Waals surface area contributed by atoms with Gasteiger partial charge in [0.2, 0.25) is 0 Å². The molecular formula is C32H32ClFN4O6. The quantitative estimate of drug-likeness (QED) is 0.247. The fourth-order valence-corrected chi connectivity index (χ4v) is 6.50. The number of piperidine rings is 1. The largest absolute Gasteiger partial charge is 0.474 e. The molecule has 0 amide bonds. The zero-order chi connectivity index (χ0) is 30.6. The average Bonchev–Trinajstić information content (AvgIpc) is 3.67. The molecule has 0 radical (unpaired) electrons. The van der Waals surface area contributed by atoms with Crippen LogP contribution in [0.3, 0.4) is 0 Å². The highest BCUT2D eigenvalue weighted by atomic mass is 35.5. The molecular weight excluding hydrogens is 591 g/mol. The SMILES string of the molecule is Cc1c(-c2cnc(C(=O)O)o2)nc(CN2CCC(c3cccc4c3OC(C)(c3ccc(Cl)cc3F)O4)CC2)n1CC1CCO1. The van der Waals surface area contributed by atoms with Gasteiger partial charge in [-0.2, -0.15) is 0 Å². The zero-order valence-electron chi connectivity index (χ0n) is 24.4. The summed E-state index contributed by atoms with van der Waals surface area (Å²) in [5.41, 5.74) is 2.82. The number of likely N-dealkylation sites (tertiary alicyclic amines) is 1. The summed E-state index contributed by atoms with van der Waals surface area (Å²) in [5.74, 6) is -0.645. The number of carboxylic acids is 1. The van der Waals surface area contributed by atoms with E-state index in [2.05, 4.69) is 20.5 Å². The number of hydrogen-bond donors (Lipinski definition) is 1. The van der Waals surface area contributed by atoms with Crippen molar-refractivity contribution < 1.29 is 32.9 Å². The molecule has 3 aliphatic rings. The van der Waals surface area contributed by atoms with Gasteiger partial charge in [-0.1, -0.05) is 23.7 Å². The molecule has 10 nitrogen and oxygen atoms in total. The Hall–Kier alpha value is -3.93. The van der Waals surface area contributed by atoms with Crippen LogP contribution >= 0.6 is 11.6 Å². The van der Waals surface area contributed by atoms with Crippen LogP contribution < -0.4 is 9.47 Å². The minimum absolute atomic E-state index is 0.124. The van der Waals surface area contributed by atoms with E-state index in [1.165, 1.54) is 12.3 Å². The van der Waals surface area contributed by atoms with Gasteiger partial charge >= 0.3 is 11.9 Å². The van der Waals surface area contributed by atoms with Gasteiger partial charge in [0.1, 0.15) is 17.3 Å². The molecule has 2 aromatic carbocycles. The first kappa shape index (κ1) is 28.8. The van der Waals surface area contributed by atoms with Gasteiger partial charge < -0.3 is 28.3 Å². The zero-order valence-corrected chi connectivity index (χ0v) is 25.1. The molecule has 5 heterocycles. The number of imidazole rings is 1. The smallest absolute Gasteiger partial charge is 0.392 e. The molecule has 2 fully saturated rings. The minimum atomic E-state index is -1.29. The maximum absolute atomic E-state index is 14.8. The van der Waals surface area contributed by atoms with Crippen molar-refractivity contribution in [1.29, 1.82) is 0 Å². The van der Waals surface area contributed by atoms with Gasteiger partial charge in [0.05, 0.1) is 31.0 Å². The van der Waals surface area contributed by atoms with Crippen LogP contribution in [0.4, 0.5) is 4.39 Å². The lowest BCUT2D eigenvalue weighted by Gasteiger charge is -2.33. The van der Waals surface area contributed by atoms with Gasteiger partial charge in [0, 0.05) is 29.8 Å². The van der Waals surface area contributed by atoms with Crippen LogP contribution in [0.2, 0.25) is 5.02 Å². The number of ether oxygens (including phenoxy) is 3. The number of carbonyl (C=O) groups is 1. The van der Waals surface area contributed by atoms with E-state index in [-0.39, 0.29) is 17.9 Å². The third-order valence-corrected chi connectivity index (χ3v) is 9.06. The molecule has 7 rings (SSSR count). The molecule has 2 saturated heterocycles. The van der Waals surface area contributed by atoms with Crippen molar-refractivity contribution >= 4 is 17.6 Å². The standard InChI is InChI=1S/C32H32ClFN4O6/c1-18-28(26-15-35-30(42-26)31(39)40)36-27(38(18)16-21-10-13-41-21)17-37-11-8-19(9-12-37)22-4-3-5-25-29(22)44-32(2,43-25)23-7-6-20(33)14-24(23)34/h3-7,14-15,19,21H,8-13,16-17H2,1-2H3,(H,39,40). The number of oxazole rings is 1. The lowest BCUT2D eigenvalue weighted by molar-refractivity contribution is -0.0712. The Labute approximate surface area is 258 Å². The fourth-order valence-electron chi connectivity index (χ4n) is 6.34. The van der Waals surface area contributed by atoms with Crippen molar-refractivity contribution in [2.24, 2.45) is 0 Å². The summed E-state index contributed by atoms with van der Waals surface area (Å²) < 4.78 is 40.7. The molecule has 2 aromatic heterocycles. The first-order valence-corrected chi connectivity index (χ1v) is 15.1. The minimum Gasteiger partial charge on any atom is -0.474 e. The van der Waals surface area contributed by atoms with Gasteiger partial charge in [-0.05, 0) is 69.5 Å². The van der Waals surface area contributed by atoms with E-state index in [0.717, 1.165) is 56.0 Å². The topological polar surface area (TPSA) is 112 Å². The normalized spacial score (nSPS) is 21.9. The summed E-state index contributed by atoms with van der Waals surface area (Å²) in [6.07, 6.45) is 4.32. The highest BCUT2D eigenvalue weighted by molar-refractivity contribution is 6.30. The molecule has 2 unspecified atom stereocenters. The number of carboxylic acid groups (broad SMARTS) is 1. The molecule has 44 heavy (non-hydrogen) atoms. The van der Waals surface area contributed by atoms with Gasteiger partial charge in [-0.15, -0.1) is 0 Å². The summed E-state index contributed by atoms with van der Waals surface area (Å²) in [7, 11) is 0. The number of rotatable bonds is 8. The second-order valence-corrected chi connectivity index (χ2v) is 12.1. The molecule has 4 aromatic rings. The van der Waals surface area contributed by atoms with Gasteiger partial charge in [0.15, 0.2) is 17.3 Å². The van der Waals surface area contributed by atoms with Crippen molar-refractivity contribution in [3.8, 4) is 23.0 Å². The number of benzene rings is 2. The van der Waals surface area contributed by atoms with Crippen LogP contribution in [-0.2, 0) is 23.6 Å². The lowest BCUT2D eigenvalue weighted by atomic mass is 9.88. The second-order valence-electron chi connectivity index (χ2n) is 11.7. The van der Waals surface area contributed by atoms with Crippen molar-refractivity contribution in [3.05, 3.63) is 82.0 Å². The summed E-state index contributed by atoms with van der Waals surface area (Å²) in [6.45, 7) is 7.41. The van der Waals surface area contributed by atoms with E-state index in [9.17, 15) is 14.3 Å². The molecule has 3 aliphatic heterocycles. The maximum Gasteiger partial charge on any atom is 0.392 e. The molecule has 0 aliphatic carbocycles. The summed E-state index contributed by atoms with van der Waals surface area (Å²) in [4.78, 5) is 22.5. The number of para-hydroxylation sites is 1. The first-order valence-electron chi connectivity index (χ1n) is 14.7. The highest BCUT2D eigenvalue weighted by Crippen LogP contribution is 2.50. The number of halogens is 2. The van der Waals surface area contributed by atoms with E-state index in [4.69, 9.17) is 35.2 Å². The van der Waals surface area contributed by atoms with E-state index < -0.39 is 17.6 Å². The molecule has 12 heteroatoms. The third-order valence-electron chi connectivity index (χ3n) is 8.83. The number of fused-ring (bicyclic) bond motifs is 1. The highest BCUT2D eigenvalue weighted by Gasteiger charge is 2.43. The van der Waals surface area contributed by atoms with E-state index in [1.807, 2.05) is 19.1 Å². The van der Waals surface area contributed by atoms with E-state index >= 15 is 0 Å². The lowest BCUT2D eigenvalue weighted by Crippen LogP contribution is -2.35. The maximum atomic E-state index is 14.8. The fraction of sp³-hybridized carbons (Fsp3) is 0.406. The summed E-state index contributed by atoms with van der Waals surface area (Å²) >= 11 is 5.97. The Bertz CT molecular complexity index is 1730. The van der Waals surface area contributed by atoms with Crippen LogP contribution in [0, 0.1) is 12.7 Å². The number of hydrogen-bond acceptors (Lipinski definition) is 8. The van der Waals surface area contributed by atoms with Crippen LogP contribution in [-0.4, -0.2) is 56.3 Å². The van der Waals surface area contributed by atoms with Gasteiger partial charge in [0.25, 0.3) is 5.79 Å². The molecule has 0 saturated carbocycles. The van der Waals surface area contributed by atoms with Crippen molar-refractivity contribution in [2.75, 3.05) is 19.7 Å². The molecule has 0 bridgehead atoms. The van der Waals surface area contributed by atoms with Crippen LogP contribution in [0.1, 0.15) is 65.4 Å². The van der Waals surface area contributed by atoms with Crippen molar-refractivity contribution in [3.63, 3.8) is 0 Å². The van der Waals surface area contributed by atoms with E-state index in [1.54, 1.807) is 19.1 Å². The van der Waals surface area contributed by atoms with Crippen LogP contribution in [0.15, 0.2) is 47.0 Å². The van der Waals surface area contributed by atoms with Crippen molar-refractivity contribution in [1.82, 2.24) is 19.4 Å². The summed E-state index contributed by atoms with van der Waals surface area (Å²) in [6, 6.07) is 10.4. The van der Waals surface area contributed by atoms with E-state index in [0.29, 0.717) is 46.6 Å².